The van der Waals surface area contributed by atoms with Gasteiger partial charge in [0.1, 0.15) is 5.82 Å². The van der Waals surface area contributed by atoms with Gasteiger partial charge in [0.2, 0.25) is 11.8 Å². The van der Waals surface area contributed by atoms with E-state index in [1.165, 1.54) is 18.2 Å². The Morgan fingerprint density at radius 1 is 1.30 bits per heavy atom. The van der Waals surface area contributed by atoms with Gasteiger partial charge >= 0.3 is 12.3 Å². The third-order valence-corrected chi connectivity index (χ3v) is 3.86. The summed E-state index contributed by atoms with van der Waals surface area (Å²) in [4.78, 5) is 11.1. The number of nitrogens with zero attached hydrogens (tertiary/aromatic N) is 2. The number of unbranched alkanes of at least 4 members (excludes halogenated alkanes) is 1. The summed E-state index contributed by atoms with van der Waals surface area (Å²) in [5.74, 6) is -0.205. The molecule has 6 nitrogen and oxygen atoms in total. The van der Waals surface area contributed by atoms with Crippen molar-refractivity contribution in [1.82, 2.24) is 15.5 Å². The van der Waals surface area contributed by atoms with Gasteiger partial charge in [-0.2, -0.15) is 13.2 Å². The number of hydrogen-bond acceptors (Lipinski definition) is 4. The number of carbonyl (C=O) groups is 1. The first-order valence-electron chi connectivity index (χ1n) is 8.27. The average molecular weight is 389 g/mol. The number of benzene rings is 1. The molecular formula is C17H19F4N3O3. The molecule has 0 aliphatic carbocycles. The van der Waals surface area contributed by atoms with Gasteiger partial charge in [-0.1, -0.05) is 12.1 Å². The van der Waals surface area contributed by atoms with Crippen LogP contribution in [-0.2, 0) is 12.8 Å². The number of alkyl halides is 3. The van der Waals surface area contributed by atoms with Crippen LogP contribution >= 0.6 is 0 Å². The Bertz CT molecular complexity index is 777. The second-order valence-corrected chi connectivity index (χ2v) is 6.10. The van der Waals surface area contributed by atoms with E-state index in [4.69, 9.17) is 9.52 Å². The Kier molecular flexibility index (Phi) is 6.75. The first kappa shape index (κ1) is 20.7. The lowest BCUT2D eigenvalue weighted by Gasteiger charge is -2.17. The number of amides is 1. The fourth-order valence-corrected chi connectivity index (χ4v) is 2.65. The maximum Gasteiger partial charge on any atom is 0.405 e. The summed E-state index contributed by atoms with van der Waals surface area (Å²) in [6, 6.07) is 3.12. The number of halogens is 4. The monoisotopic (exact) mass is 389 g/mol. The molecule has 0 fully saturated rings. The molecule has 2 N–H and O–H groups in total. The summed E-state index contributed by atoms with van der Waals surface area (Å²) in [5, 5.41) is 18.7. The van der Waals surface area contributed by atoms with Gasteiger partial charge in [-0.05, 0) is 30.9 Å². The van der Waals surface area contributed by atoms with E-state index in [1.807, 2.05) is 0 Å². The van der Waals surface area contributed by atoms with Crippen molar-refractivity contribution in [1.29, 1.82) is 0 Å². The van der Waals surface area contributed by atoms with Gasteiger partial charge in [-0.25, -0.2) is 9.18 Å². The SMILES string of the molecule is Cc1nnc(CC(NC(=O)O)c2cc(CCCCC(F)(F)F)ccc2F)o1. The van der Waals surface area contributed by atoms with Gasteiger partial charge in [0.25, 0.3) is 0 Å². The standard InChI is InChI=1S/C17H19F4N3O3/c1-10-23-24-15(27-10)9-14(22-16(25)26)12-8-11(5-6-13(12)18)4-2-3-7-17(19,20)21/h5-6,8,14,22H,2-4,7,9H2,1H3,(H,25,26). The molecule has 1 amide bonds. The summed E-state index contributed by atoms with van der Waals surface area (Å²) in [5.41, 5.74) is 0.689. The van der Waals surface area contributed by atoms with E-state index >= 15 is 0 Å². The fraction of sp³-hybridized carbons (Fsp3) is 0.471. The summed E-state index contributed by atoms with van der Waals surface area (Å²) >= 11 is 0. The lowest BCUT2D eigenvalue weighted by molar-refractivity contribution is -0.135. The van der Waals surface area contributed by atoms with Crippen LogP contribution in [0.5, 0.6) is 0 Å². The van der Waals surface area contributed by atoms with Gasteiger partial charge in [0.05, 0.1) is 12.5 Å². The molecule has 0 spiro atoms. The molecule has 0 radical (unpaired) electrons. The van der Waals surface area contributed by atoms with E-state index in [0.29, 0.717) is 12.0 Å². The lowest BCUT2D eigenvalue weighted by atomic mass is 9.98. The molecule has 27 heavy (non-hydrogen) atoms. The summed E-state index contributed by atoms with van der Waals surface area (Å²) < 4.78 is 56.1. The quantitative estimate of drug-likeness (QED) is 0.518. The van der Waals surface area contributed by atoms with Crippen LogP contribution in [0, 0.1) is 12.7 Å². The maximum absolute atomic E-state index is 14.3. The van der Waals surface area contributed by atoms with Crippen LogP contribution in [-0.4, -0.2) is 27.6 Å². The highest BCUT2D eigenvalue weighted by molar-refractivity contribution is 5.65. The predicted octanol–water partition coefficient (Wildman–Crippen LogP) is 4.34. The molecule has 1 aromatic carbocycles. The number of carboxylic acid groups (broad SMARTS) is 1. The second kappa shape index (κ2) is 8.83. The van der Waals surface area contributed by atoms with Crippen LogP contribution in [0.1, 0.15) is 48.2 Å². The number of aromatic nitrogens is 2. The minimum Gasteiger partial charge on any atom is -0.465 e. The van der Waals surface area contributed by atoms with Crippen LogP contribution < -0.4 is 5.32 Å². The zero-order chi connectivity index (χ0) is 20.0. The van der Waals surface area contributed by atoms with E-state index in [1.54, 1.807) is 6.92 Å². The van der Waals surface area contributed by atoms with Crippen molar-refractivity contribution in [2.24, 2.45) is 0 Å². The van der Waals surface area contributed by atoms with Crippen LogP contribution in [0.3, 0.4) is 0 Å². The highest BCUT2D eigenvalue weighted by Crippen LogP contribution is 2.25. The van der Waals surface area contributed by atoms with Crippen molar-refractivity contribution in [2.75, 3.05) is 0 Å². The highest BCUT2D eigenvalue weighted by Gasteiger charge is 2.26. The minimum atomic E-state index is -4.20. The average Bonchev–Trinajstić information content (AvgIpc) is 2.96. The van der Waals surface area contributed by atoms with E-state index < -0.39 is 30.5 Å². The lowest BCUT2D eigenvalue weighted by Crippen LogP contribution is -2.29. The molecule has 1 unspecified atom stereocenters. The zero-order valence-corrected chi connectivity index (χ0v) is 14.5. The third kappa shape index (κ3) is 6.87. The molecule has 0 saturated heterocycles. The largest absolute Gasteiger partial charge is 0.465 e. The molecule has 148 valence electrons. The van der Waals surface area contributed by atoms with Crippen LogP contribution in [0.25, 0.3) is 0 Å². The zero-order valence-electron chi connectivity index (χ0n) is 14.5. The van der Waals surface area contributed by atoms with Crippen LogP contribution in [0.15, 0.2) is 22.6 Å². The van der Waals surface area contributed by atoms with E-state index in [0.717, 1.165) is 0 Å². The molecule has 0 bridgehead atoms. The Labute approximate surface area is 152 Å². The van der Waals surface area contributed by atoms with Gasteiger partial charge in [0.15, 0.2) is 0 Å². The summed E-state index contributed by atoms with van der Waals surface area (Å²) in [6.45, 7) is 1.57. The smallest absolute Gasteiger partial charge is 0.405 e. The number of aryl methyl sites for hydroxylation is 2. The van der Waals surface area contributed by atoms with Crippen molar-refractivity contribution in [3.8, 4) is 0 Å². The Balaban J connectivity index is 2.12. The minimum absolute atomic E-state index is 0.0335. The molecule has 0 aliphatic rings. The normalized spacial score (nSPS) is 12.8. The molecule has 2 rings (SSSR count). The predicted molar refractivity (Wildman–Crippen MR) is 86.7 cm³/mol. The van der Waals surface area contributed by atoms with E-state index in [-0.39, 0.29) is 36.6 Å². The van der Waals surface area contributed by atoms with Gasteiger partial charge in [-0.15, -0.1) is 10.2 Å². The molecule has 10 heteroatoms. The molecule has 0 saturated carbocycles. The van der Waals surface area contributed by atoms with E-state index in [9.17, 15) is 22.4 Å². The van der Waals surface area contributed by atoms with Gasteiger partial charge in [0, 0.05) is 18.9 Å². The number of nitrogens with one attached hydrogen (secondary N) is 1. The molecular weight excluding hydrogens is 370 g/mol. The number of hydrogen-bond donors (Lipinski definition) is 2. The fourth-order valence-electron chi connectivity index (χ4n) is 2.65. The number of rotatable bonds is 8. The van der Waals surface area contributed by atoms with Gasteiger partial charge in [-0.3, -0.25) is 0 Å². The first-order valence-corrected chi connectivity index (χ1v) is 8.27. The molecule has 1 heterocycles. The van der Waals surface area contributed by atoms with Crippen LogP contribution in [0.2, 0.25) is 0 Å². The molecule has 2 aromatic rings. The Hall–Kier alpha value is -2.65. The first-order chi connectivity index (χ1) is 12.6. The van der Waals surface area contributed by atoms with Crippen molar-refractivity contribution in [3.05, 3.63) is 46.9 Å². The van der Waals surface area contributed by atoms with Crippen molar-refractivity contribution >= 4 is 6.09 Å². The Morgan fingerprint density at radius 3 is 2.63 bits per heavy atom. The van der Waals surface area contributed by atoms with Crippen molar-refractivity contribution in [2.45, 2.75) is 51.2 Å². The molecule has 0 aliphatic heterocycles. The second-order valence-electron chi connectivity index (χ2n) is 6.10. The summed E-state index contributed by atoms with van der Waals surface area (Å²) in [6.07, 6.45) is -5.91. The molecule has 1 aromatic heterocycles. The Morgan fingerprint density at radius 2 is 2.04 bits per heavy atom. The molecule has 1 atom stereocenters. The topological polar surface area (TPSA) is 88.2 Å². The van der Waals surface area contributed by atoms with Crippen molar-refractivity contribution < 1.29 is 31.9 Å². The highest BCUT2D eigenvalue weighted by atomic mass is 19.4. The van der Waals surface area contributed by atoms with Crippen molar-refractivity contribution in [3.63, 3.8) is 0 Å². The van der Waals surface area contributed by atoms with Crippen LogP contribution in [0.4, 0.5) is 22.4 Å². The maximum atomic E-state index is 14.3. The van der Waals surface area contributed by atoms with Gasteiger partial charge < -0.3 is 14.8 Å². The third-order valence-electron chi connectivity index (χ3n) is 3.86. The summed E-state index contributed by atoms with van der Waals surface area (Å²) in [7, 11) is 0. The van der Waals surface area contributed by atoms with E-state index in [2.05, 4.69) is 15.5 Å².